The number of anilines is 11. The molecule has 25 nitrogen and oxygen atoms in total. The molecule has 25 heteroatoms. The van der Waals surface area contributed by atoms with Crippen LogP contribution in [0.25, 0.3) is 43.6 Å². The summed E-state index contributed by atoms with van der Waals surface area (Å²) in [6.45, 7) is 38.8. The zero-order valence-corrected chi connectivity index (χ0v) is 92.2. The molecule has 0 bridgehead atoms. The second kappa shape index (κ2) is 45.1. The Hall–Kier alpha value is -11.5. The number of likely N-dealkylation sites (N-methyl/N-ethyl adjacent to an activating group) is 5. The Morgan fingerprint density at radius 2 is 0.580 bits per heavy atom. The van der Waals surface area contributed by atoms with Gasteiger partial charge in [-0.3, -0.25) is 4.90 Å². The van der Waals surface area contributed by atoms with Gasteiger partial charge in [-0.25, -0.2) is 39.9 Å². The molecule has 8 aromatic carbocycles. The van der Waals surface area contributed by atoms with Gasteiger partial charge in [0.05, 0.1) is 49.0 Å². The maximum Gasteiger partial charge on any atom is 0.140 e. The first kappa shape index (κ1) is 103. The van der Waals surface area contributed by atoms with Crippen LogP contribution >= 0.6 is 0 Å². The highest BCUT2D eigenvalue weighted by molar-refractivity contribution is 5.96. The van der Waals surface area contributed by atoms with E-state index in [1.807, 2.05) is 6.07 Å². The standard InChI is InChI=1S/C33H44N6O.C33H44N6.C31H42N6.C28H36N4O2/c1-33(12-13-33)32-34-29-9-8-26(36(2)18-19-37-20-22-40-23-21-37)24-28(29)31(35-32)39-16-10-25(11-17-39)27-6-3-4-7-30(27)38-14-5-15-38;1-33(14-15-33)32-34-29-11-10-26(36(2)22-23-37-16-5-6-17-37)24-28(29)31(35-32)39-20-12-25(13-21-39)27-8-3-4-9-30(27)38-18-7-19-38;1-31(14-15-31)30-32-27-11-10-24(35(4)21-20-34(2)3)22-26(27)29(33-30)37-18-12-23(13-19-37)25-8-5-6-9-28(25)36-16-7-17-36;1-28(13-14-28)27-29-24-10-9-21(31(2)17-18-33-3)19-23(24)26(30-27)32-15-11-20(12-16-32)22-7-5-6-8-25(22)34-4/h3-4,6-9,24-25H,5,10-23H2,1-2H3;3-4,8-11,24-25H,5-7,12-23H2,1-2H3;5-6,8-11,22-23H,7,12-21H2,1-4H3;5-10,19-20H,11-18H2,1-4H3. The van der Waals surface area contributed by atoms with Gasteiger partial charge in [-0.15, -0.1) is 0 Å². The smallest absolute Gasteiger partial charge is 0.140 e. The van der Waals surface area contributed by atoms with Crippen molar-refractivity contribution in [2.24, 2.45) is 0 Å². The van der Waals surface area contributed by atoms with E-state index in [1.165, 1.54) is 236 Å². The Morgan fingerprint density at radius 3 is 0.873 bits per heavy atom. The first-order valence-electron chi connectivity index (χ1n) is 57.5. The normalized spacial score (nSPS) is 20.1. The summed E-state index contributed by atoms with van der Waals surface area (Å²) in [6.07, 6.45) is 25.4. The predicted molar refractivity (Wildman–Crippen MR) is 621 cm³/mol. The molecule has 13 heterocycles. The third kappa shape index (κ3) is 23.0. The van der Waals surface area contributed by atoms with E-state index in [4.69, 9.17) is 54.1 Å². The number of ether oxygens (including phenoxy) is 3. The molecule has 0 N–H and O–H groups in total. The number of likely N-dealkylation sites (tertiary alicyclic amines) is 1. The van der Waals surface area contributed by atoms with Crippen molar-refractivity contribution < 1.29 is 14.2 Å². The first-order valence-corrected chi connectivity index (χ1v) is 57.5. The largest absolute Gasteiger partial charge is 0.496 e. The molecule has 12 aromatic rings. The van der Waals surface area contributed by atoms with Crippen molar-refractivity contribution >= 4 is 107 Å². The quantitative estimate of drug-likeness (QED) is 0.0389. The molecule has 0 unspecified atom stereocenters. The summed E-state index contributed by atoms with van der Waals surface area (Å²) in [5.41, 5.74) is 20.2. The zero-order chi connectivity index (χ0) is 103. The minimum Gasteiger partial charge on any atom is -0.496 e. The topological polar surface area (TPSA) is 176 Å². The zero-order valence-electron chi connectivity index (χ0n) is 92.2. The Balaban J connectivity index is 0.000000113. The number of rotatable bonds is 32. The number of para-hydroxylation sites is 4. The highest BCUT2D eigenvalue weighted by atomic mass is 16.5. The molecule has 4 saturated carbocycles. The maximum absolute atomic E-state index is 5.64. The summed E-state index contributed by atoms with van der Waals surface area (Å²) in [5, 5.41) is 4.75. The van der Waals surface area contributed by atoms with Crippen molar-refractivity contribution in [2.75, 3.05) is 294 Å². The highest BCUT2D eigenvalue weighted by Crippen LogP contribution is 2.53. The van der Waals surface area contributed by atoms with Crippen molar-refractivity contribution in [3.05, 3.63) is 215 Å². The predicted octanol–water partition coefficient (Wildman–Crippen LogP) is 21.3. The van der Waals surface area contributed by atoms with Crippen LogP contribution in [0.5, 0.6) is 5.75 Å². The van der Waals surface area contributed by atoms with Crippen molar-refractivity contribution in [3.8, 4) is 5.75 Å². The fraction of sp³-hybridized carbons (Fsp3) is 0.552. The van der Waals surface area contributed by atoms with Gasteiger partial charge in [-0.1, -0.05) is 100 Å². The molecule has 4 aromatic heterocycles. The lowest BCUT2D eigenvalue weighted by Gasteiger charge is -2.39. The molecule has 9 aliphatic heterocycles. The molecular weight excluding hydrogens is 1860 g/mol. The van der Waals surface area contributed by atoms with E-state index < -0.39 is 0 Å². The van der Waals surface area contributed by atoms with Gasteiger partial charge in [0, 0.05) is 269 Å². The highest BCUT2D eigenvalue weighted by Gasteiger charge is 2.47. The van der Waals surface area contributed by atoms with Crippen LogP contribution in [-0.4, -0.2) is 295 Å². The first-order chi connectivity index (χ1) is 73.1. The van der Waals surface area contributed by atoms with Gasteiger partial charge in [0.25, 0.3) is 0 Å². The molecule has 0 spiro atoms. The third-order valence-electron chi connectivity index (χ3n) is 36.4. The number of fused-ring (bicyclic) bond motifs is 4. The van der Waals surface area contributed by atoms with E-state index >= 15 is 0 Å². The van der Waals surface area contributed by atoms with E-state index in [2.05, 4.69) is 302 Å². The Morgan fingerprint density at radius 1 is 0.293 bits per heavy atom. The molecule has 9 saturated heterocycles. The lowest BCUT2D eigenvalue weighted by molar-refractivity contribution is 0.0393. The van der Waals surface area contributed by atoms with Crippen LogP contribution in [0.2, 0.25) is 0 Å². The summed E-state index contributed by atoms with van der Waals surface area (Å²) in [6, 6.07) is 62.9. The van der Waals surface area contributed by atoms with Gasteiger partial charge in [0.1, 0.15) is 52.3 Å². The number of piperidine rings is 4. The minimum absolute atomic E-state index is 0.132. The van der Waals surface area contributed by atoms with E-state index in [0.717, 1.165) is 217 Å². The molecule has 150 heavy (non-hydrogen) atoms. The molecule has 794 valence electrons. The second-order valence-electron chi connectivity index (χ2n) is 47.5. The van der Waals surface area contributed by atoms with E-state index in [1.54, 1.807) is 30.9 Å². The minimum atomic E-state index is 0.132. The number of hydrogen-bond donors (Lipinski definition) is 0. The summed E-state index contributed by atoms with van der Waals surface area (Å²) in [5.74, 6) is 12.0. The average Bonchev–Trinajstić information content (AvgIpc) is 1.46. The SMILES string of the molecule is CN(C)CCN(C)c1ccc2nc(C3(C)CC3)nc(N3CCC(c4ccccc4N4CCC4)CC3)c2c1.CN(CCN1CCCC1)c1ccc2nc(C3(C)CC3)nc(N3CCC(c4ccccc4N4CCC4)CC3)c2c1.CN(CCN1CCOCC1)c1ccc2nc(C3(C)CC3)nc(N3CCC(c4ccccc4N4CCC4)CC3)c2c1.COCCN(C)c1ccc2nc(C3(C)CC3)nc(N3CCC(c4ccccc4OC)CC3)c2c1. The molecule has 0 radical (unpaired) electrons. The van der Waals surface area contributed by atoms with Crippen molar-refractivity contribution in [3.63, 3.8) is 0 Å². The van der Waals surface area contributed by atoms with Crippen LogP contribution in [0, 0.1) is 0 Å². The second-order valence-corrected chi connectivity index (χ2v) is 47.5. The Labute approximate surface area is 892 Å². The average molecular weight is 2020 g/mol. The summed E-state index contributed by atoms with van der Waals surface area (Å²) in [7, 11) is 16.5. The molecule has 25 rings (SSSR count). The molecular formula is C125H166N22O3. The number of hydrogen-bond acceptors (Lipinski definition) is 25. The molecule has 13 aliphatic rings. The fourth-order valence-corrected chi connectivity index (χ4v) is 24.2. The Bertz CT molecular complexity index is 6640. The van der Waals surface area contributed by atoms with Gasteiger partial charge >= 0.3 is 0 Å². The summed E-state index contributed by atoms with van der Waals surface area (Å²) < 4.78 is 16.5. The van der Waals surface area contributed by atoms with E-state index in [0.29, 0.717) is 30.3 Å². The van der Waals surface area contributed by atoms with Gasteiger partial charge in [-0.05, 0) is 305 Å². The van der Waals surface area contributed by atoms with Crippen LogP contribution < -0.4 is 58.6 Å². The van der Waals surface area contributed by atoms with Gasteiger partial charge < -0.3 is 77.9 Å². The summed E-state index contributed by atoms with van der Waals surface area (Å²) >= 11 is 0. The van der Waals surface area contributed by atoms with Gasteiger partial charge in [-0.2, -0.15) is 0 Å². The van der Waals surface area contributed by atoms with Gasteiger partial charge in [0.15, 0.2) is 0 Å². The van der Waals surface area contributed by atoms with Crippen molar-refractivity contribution in [2.45, 2.75) is 208 Å². The third-order valence-corrected chi connectivity index (χ3v) is 36.4. The van der Waals surface area contributed by atoms with Crippen molar-refractivity contribution in [1.82, 2.24) is 54.6 Å². The number of methoxy groups -OCH3 is 2. The number of morpholine rings is 1. The van der Waals surface area contributed by atoms with Crippen molar-refractivity contribution in [1.29, 1.82) is 0 Å². The monoisotopic (exact) mass is 2020 g/mol. The van der Waals surface area contributed by atoms with E-state index in [9.17, 15) is 0 Å². The van der Waals surface area contributed by atoms with E-state index in [-0.39, 0.29) is 21.7 Å². The number of nitrogens with zero attached hydrogens (tertiary/aromatic N) is 22. The van der Waals surface area contributed by atoms with Gasteiger partial charge in [0.2, 0.25) is 0 Å². The lowest BCUT2D eigenvalue weighted by Crippen LogP contribution is -2.40. The van der Waals surface area contributed by atoms with Crippen LogP contribution in [0.3, 0.4) is 0 Å². The lowest BCUT2D eigenvalue weighted by atomic mass is 9.87. The Kier molecular flexibility index (Phi) is 30.9. The molecule has 0 atom stereocenters. The number of aromatic nitrogens is 8. The fourth-order valence-electron chi connectivity index (χ4n) is 24.2. The van der Waals surface area contributed by atoms with Crippen LogP contribution in [0.1, 0.15) is 232 Å². The van der Waals surface area contributed by atoms with Crippen LogP contribution in [0.4, 0.5) is 63.1 Å². The molecule has 4 aliphatic carbocycles. The molecule has 13 fully saturated rings. The number of benzene rings is 8. The summed E-state index contributed by atoms with van der Waals surface area (Å²) in [4.78, 5) is 75.9. The maximum atomic E-state index is 5.64. The van der Waals surface area contributed by atoms with Crippen LogP contribution in [-0.2, 0) is 31.1 Å². The molecule has 0 amide bonds. The van der Waals surface area contributed by atoms with Crippen LogP contribution in [0.15, 0.2) is 170 Å².